The number of aryl methyl sites for hydroxylation is 3. The predicted molar refractivity (Wildman–Crippen MR) is 142 cm³/mol. The molecule has 0 heterocycles. The molecule has 3 rings (SSSR count). The fourth-order valence-corrected chi connectivity index (χ4v) is 3.27. The van der Waals surface area contributed by atoms with E-state index in [-0.39, 0.29) is 19.1 Å². The first-order valence-corrected chi connectivity index (χ1v) is 11.6. The van der Waals surface area contributed by atoms with Gasteiger partial charge in [0.15, 0.2) is 18.1 Å². The Hall–Kier alpha value is -4.66. The summed E-state index contributed by atoms with van der Waals surface area (Å²) in [5, 5.41) is 9.21. The minimum absolute atomic E-state index is 0.203. The highest BCUT2D eigenvalue weighted by molar-refractivity contribution is 6.35. The first-order valence-electron chi connectivity index (χ1n) is 11.6. The van der Waals surface area contributed by atoms with E-state index in [0.29, 0.717) is 17.1 Å². The van der Waals surface area contributed by atoms with Crippen molar-refractivity contribution in [3.05, 3.63) is 88.5 Å². The van der Waals surface area contributed by atoms with Crippen LogP contribution in [0.5, 0.6) is 11.5 Å². The number of nitrogens with one attached hydrogen (secondary N) is 3. The fourth-order valence-electron chi connectivity index (χ4n) is 3.27. The number of benzene rings is 3. The van der Waals surface area contributed by atoms with Gasteiger partial charge in [-0.1, -0.05) is 42.0 Å². The van der Waals surface area contributed by atoms with Gasteiger partial charge in [0.2, 0.25) is 0 Å². The van der Waals surface area contributed by atoms with Crippen LogP contribution in [0.4, 0.5) is 5.69 Å². The van der Waals surface area contributed by atoms with Crippen LogP contribution in [-0.2, 0) is 20.9 Å². The van der Waals surface area contributed by atoms with Gasteiger partial charge in [0, 0.05) is 12.2 Å². The number of amides is 3. The Labute approximate surface area is 215 Å². The van der Waals surface area contributed by atoms with Crippen molar-refractivity contribution >= 4 is 29.6 Å². The molecule has 0 spiro atoms. The molecule has 0 saturated carbocycles. The zero-order valence-electron chi connectivity index (χ0n) is 21.3. The topological polar surface area (TPSA) is 118 Å². The van der Waals surface area contributed by atoms with E-state index in [9.17, 15) is 14.4 Å². The monoisotopic (exact) mass is 502 g/mol. The van der Waals surface area contributed by atoms with E-state index in [4.69, 9.17) is 9.47 Å². The van der Waals surface area contributed by atoms with Gasteiger partial charge in [-0.25, -0.2) is 5.43 Å². The largest absolute Gasteiger partial charge is 0.493 e. The van der Waals surface area contributed by atoms with E-state index in [0.717, 1.165) is 27.9 Å². The number of rotatable bonds is 9. The zero-order valence-corrected chi connectivity index (χ0v) is 21.3. The highest BCUT2D eigenvalue weighted by atomic mass is 16.5. The van der Waals surface area contributed by atoms with Crippen LogP contribution in [0, 0.1) is 20.8 Å². The highest BCUT2D eigenvalue weighted by Crippen LogP contribution is 2.27. The van der Waals surface area contributed by atoms with Crippen LogP contribution in [0.3, 0.4) is 0 Å². The van der Waals surface area contributed by atoms with Crippen LogP contribution in [-0.4, -0.2) is 37.7 Å². The minimum Gasteiger partial charge on any atom is -0.493 e. The SMILES string of the molecule is COc1cc(/C=N\NC(=O)C(=O)NCc2ccc(C)cc2)ccc1OCC(=O)Nc1cc(C)ccc1C. The van der Waals surface area contributed by atoms with E-state index in [2.05, 4.69) is 21.2 Å². The van der Waals surface area contributed by atoms with Crippen LogP contribution in [0.15, 0.2) is 65.8 Å². The Kier molecular flexibility index (Phi) is 9.37. The van der Waals surface area contributed by atoms with Crippen LogP contribution < -0.4 is 25.5 Å². The van der Waals surface area contributed by atoms with Crippen molar-refractivity contribution in [1.29, 1.82) is 0 Å². The van der Waals surface area contributed by atoms with Crippen molar-refractivity contribution in [2.45, 2.75) is 27.3 Å². The van der Waals surface area contributed by atoms with Crippen molar-refractivity contribution in [2.24, 2.45) is 5.10 Å². The van der Waals surface area contributed by atoms with Gasteiger partial charge in [-0.2, -0.15) is 5.10 Å². The average molecular weight is 503 g/mol. The molecule has 0 aliphatic heterocycles. The lowest BCUT2D eigenvalue weighted by molar-refractivity contribution is -0.139. The van der Waals surface area contributed by atoms with Gasteiger partial charge >= 0.3 is 11.8 Å². The third-order valence-electron chi connectivity index (χ3n) is 5.37. The van der Waals surface area contributed by atoms with E-state index in [1.807, 2.05) is 63.2 Å². The number of nitrogens with zero attached hydrogens (tertiary/aromatic N) is 1. The molecular formula is C28H30N4O5. The normalized spacial score (nSPS) is 10.6. The van der Waals surface area contributed by atoms with Crippen LogP contribution in [0.25, 0.3) is 0 Å². The molecule has 0 aliphatic carbocycles. The molecule has 0 saturated heterocycles. The number of ether oxygens (including phenoxy) is 2. The zero-order chi connectivity index (χ0) is 26.8. The molecule has 9 heteroatoms. The molecule has 3 N–H and O–H groups in total. The van der Waals surface area contributed by atoms with Crippen LogP contribution >= 0.6 is 0 Å². The molecule has 0 fully saturated rings. The second-order valence-electron chi connectivity index (χ2n) is 8.43. The Bertz CT molecular complexity index is 1300. The molecule has 0 atom stereocenters. The average Bonchev–Trinajstić information content (AvgIpc) is 2.89. The quantitative estimate of drug-likeness (QED) is 0.235. The number of hydrazone groups is 1. The van der Waals surface area contributed by atoms with Gasteiger partial charge in [-0.15, -0.1) is 0 Å². The van der Waals surface area contributed by atoms with Gasteiger partial charge in [0.25, 0.3) is 5.91 Å². The first kappa shape index (κ1) is 26.9. The van der Waals surface area contributed by atoms with Crippen molar-refractivity contribution in [3.8, 4) is 11.5 Å². The molecule has 0 unspecified atom stereocenters. The number of hydrogen-bond acceptors (Lipinski definition) is 6. The second-order valence-corrected chi connectivity index (χ2v) is 8.43. The molecule has 0 bridgehead atoms. The summed E-state index contributed by atoms with van der Waals surface area (Å²) >= 11 is 0. The lowest BCUT2D eigenvalue weighted by atomic mass is 10.1. The first-order chi connectivity index (χ1) is 17.7. The van der Waals surface area contributed by atoms with Crippen molar-refractivity contribution in [1.82, 2.24) is 10.7 Å². The Morgan fingerprint density at radius 3 is 2.32 bits per heavy atom. The summed E-state index contributed by atoms with van der Waals surface area (Å²) in [5.41, 5.74) is 7.50. The summed E-state index contributed by atoms with van der Waals surface area (Å²) < 4.78 is 11.0. The maximum atomic E-state index is 12.3. The van der Waals surface area contributed by atoms with Gasteiger partial charge < -0.3 is 20.1 Å². The van der Waals surface area contributed by atoms with Crippen LogP contribution in [0.2, 0.25) is 0 Å². The number of hydrogen-bond donors (Lipinski definition) is 3. The van der Waals surface area contributed by atoms with Gasteiger partial charge in [0.05, 0.1) is 13.3 Å². The Morgan fingerprint density at radius 2 is 1.59 bits per heavy atom. The Morgan fingerprint density at radius 1 is 0.865 bits per heavy atom. The standard InChI is InChI=1S/C28H30N4O5/c1-18-6-9-21(10-7-18)15-29-27(34)28(35)32-30-16-22-11-12-24(25(14-22)36-4)37-17-26(33)31-23-13-19(2)5-8-20(23)3/h5-14,16H,15,17H2,1-4H3,(H,29,34)(H,31,33)(H,32,35)/b30-16-. The lowest BCUT2D eigenvalue weighted by Crippen LogP contribution is -2.37. The maximum Gasteiger partial charge on any atom is 0.329 e. The molecular weight excluding hydrogens is 472 g/mol. The Balaban J connectivity index is 1.50. The number of carbonyl (C=O) groups excluding carboxylic acids is 3. The molecule has 37 heavy (non-hydrogen) atoms. The van der Waals surface area contributed by atoms with Gasteiger partial charge in [-0.3, -0.25) is 14.4 Å². The summed E-state index contributed by atoms with van der Waals surface area (Å²) in [6.07, 6.45) is 1.37. The van der Waals surface area contributed by atoms with Crippen molar-refractivity contribution in [2.75, 3.05) is 19.0 Å². The summed E-state index contributed by atoms with van der Waals surface area (Å²) in [7, 11) is 1.47. The molecule has 0 aliphatic rings. The molecule has 3 aromatic carbocycles. The highest BCUT2D eigenvalue weighted by Gasteiger charge is 2.13. The minimum atomic E-state index is -0.884. The number of methoxy groups -OCH3 is 1. The maximum absolute atomic E-state index is 12.3. The van der Waals surface area contributed by atoms with Gasteiger partial charge in [-0.05, 0) is 67.3 Å². The van der Waals surface area contributed by atoms with E-state index in [1.165, 1.54) is 13.3 Å². The van der Waals surface area contributed by atoms with Gasteiger partial charge in [0.1, 0.15) is 0 Å². The van der Waals surface area contributed by atoms with Crippen molar-refractivity contribution < 1.29 is 23.9 Å². The van der Waals surface area contributed by atoms with E-state index in [1.54, 1.807) is 18.2 Å². The number of anilines is 1. The van der Waals surface area contributed by atoms with E-state index < -0.39 is 11.8 Å². The summed E-state index contributed by atoms with van der Waals surface area (Å²) in [6, 6.07) is 18.4. The van der Waals surface area contributed by atoms with Crippen molar-refractivity contribution in [3.63, 3.8) is 0 Å². The smallest absolute Gasteiger partial charge is 0.329 e. The summed E-state index contributed by atoms with van der Waals surface area (Å²) in [5.74, 6) is -1.23. The second kappa shape index (κ2) is 12.9. The molecule has 0 aromatic heterocycles. The molecule has 3 aromatic rings. The molecule has 3 amide bonds. The predicted octanol–water partition coefficient (Wildman–Crippen LogP) is 3.40. The van der Waals surface area contributed by atoms with E-state index >= 15 is 0 Å². The summed E-state index contributed by atoms with van der Waals surface area (Å²) in [6.45, 7) is 5.87. The third-order valence-corrected chi connectivity index (χ3v) is 5.37. The van der Waals surface area contributed by atoms with Crippen LogP contribution in [0.1, 0.15) is 27.8 Å². The third kappa shape index (κ3) is 8.21. The lowest BCUT2D eigenvalue weighted by Gasteiger charge is -2.12. The number of carbonyl (C=O) groups is 3. The fraction of sp³-hybridized carbons (Fsp3) is 0.214. The molecule has 0 radical (unpaired) electrons. The molecule has 9 nitrogen and oxygen atoms in total. The summed E-state index contributed by atoms with van der Waals surface area (Å²) in [4.78, 5) is 36.3. The molecule has 192 valence electrons.